The number of carbonyl (C=O) groups excluding carboxylic acids is 1. The lowest BCUT2D eigenvalue weighted by molar-refractivity contribution is -0.112. The minimum atomic E-state index is -0.591. The van der Waals surface area contributed by atoms with Gasteiger partial charge in [-0.1, -0.05) is 0 Å². The van der Waals surface area contributed by atoms with Crippen LogP contribution in [0.1, 0.15) is 5.56 Å². The van der Waals surface area contributed by atoms with Crippen molar-refractivity contribution in [2.24, 2.45) is 0 Å². The van der Waals surface area contributed by atoms with Crippen molar-refractivity contribution in [2.45, 2.75) is 0 Å². The van der Waals surface area contributed by atoms with Gasteiger partial charge in [0.15, 0.2) is 11.5 Å². The summed E-state index contributed by atoms with van der Waals surface area (Å²) in [6.07, 6.45) is 1.38. The summed E-state index contributed by atoms with van der Waals surface area (Å²) in [5.41, 5.74) is 0.833. The third kappa shape index (κ3) is 4.06. The minimum Gasteiger partial charge on any atom is -0.508 e. The Hall–Kier alpha value is -2.98. The number of rotatable bonds is 4. The largest absolute Gasteiger partial charge is 0.508 e. The lowest BCUT2D eigenvalue weighted by atomic mass is 10.1. The number of hydrogen-bond donors (Lipinski definition) is 3. The number of anilines is 1. The molecule has 1 amide bonds. The summed E-state index contributed by atoms with van der Waals surface area (Å²) in [6.45, 7) is 0. The molecule has 6 nitrogen and oxygen atoms in total. The van der Waals surface area contributed by atoms with Crippen molar-refractivity contribution in [1.29, 1.82) is 5.26 Å². The summed E-state index contributed by atoms with van der Waals surface area (Å²) in [7, 11) is 1.40. The second-order valence-corrected chi connectivity index (χ2v) is 5.58. The number of ether oxygens (including phenoxy) is 1. The van der Waals surface area contributed by atoms with Gasteiger partial charge in [-0.15, -0.1) is 0 Å². The third-order valence-electron chi connectivity index (χ3n) is 3.07. The fourth-order valence-corrected chi connectivity index (χ4v) is 2.35. The summed E-state index contributed by atoms with van der Waals surface area (Å²) >= 11 is 3.18. The van der Waals surface area contributed by atoms with Crippen LogP contribution >= 0.6 is 15.9 Å². The number of hydrogen-bond acceptors (Lipinski definition) is 5. The van der Waals surface area contributed by atoms with Gasteiger partial charge in [0.2, 0.25) is 0 Å². The fourth-order valence-electron chi connectivity index (χ4n) is 1.89. The SMILES string of the molecule is COc1cc(/C=C(\C#N)C(=O)Nc2ccc(O)cc2)cc(Br)c1O. The fraction of sp³-hybridized carbons (Fsp3) is 0.0588. The van der Waals surface area contributed by atoms with Crippen LogP contribution in [0.5, 0.6) is 17.2 Å². The molecule has 0 heterocycles. The molecule has 0 atom stereocenters. The first-order valence-corrected chi connectivity index (χ1v) is 7.52. The first-order valence-electron chi connectivity index (χ1n) is 6.73. The van der Waals surface area contributed by atoms with Gasteiger partial charge in [0.05, 0.1) is 11.6 Å². The number of benzene rings is 2. The molecule has 0 saturated heterocycles. The van der Waals surface area contributed by atoms with Crippen LogP contribution in [0.2, 0.25) is 0 Å². The number of nitrogens with zero attached hydrogens (tertiary/aromatic N) is 1. The van der Waals surface area contributed by atoms with Gasteiger partial charge in [0, 0.05) is 5.69 Å². The smallest absolute Gasteiger partial charge is 0.266 e. The molecule has 0 bridgehead atoms. The highest BCUT2D eigenvalue weighted by atomic mass is 79.9. The summed E-state index contributed by atoms with van der Waals surface area (Å²) in [5.74, 6) is -0.370. The highest BCUT2D eigenvalue weighted by molar-refractivity contribution is 9.10. The Balaban J connectivity index is 2.29. The first kappa shape index (κ1) is 17.4. The van der Waals surface area contributed by atoms with E-state index in [-0.39, 0.29) is 22.8 Å². The van der Waals surface area contributed by atoms with Gasteiger partial charge in [-0.25, -0.2) is 0 Å². The lowest BCUT2D eigenvalue weighted by Crippen LogP contribution is -2.13. The Labute approximate surface area is 146 Å². The maximum atomic E-state index is 12.2. The molecule has 0 aliphatic carbocycles. The van der Waals surface area contributed by atoms with Crippen molar-refractivity contribution >= 4 is 33.6 Å². The van der Waals surface area contributed by atoms with Crippen molar-refractivity contribution in [3.05, 3.63) is 52.0 Å². The van der Waals surface area contributed by atoms with Crippen molar-refractivity contribution in [3.63, 3.8) is 0 Å². The zero-order valence-corrected chi connectivity index (χ0v) is 14.2. The number of amides is 1. The quantitative estimate of drug-likeness (QED) is 0.423. The number of aromatic hydroxyl groups is 2. The third-order valence-corrected chi connectivity index (χ3v) is 3.68. The molecule has 0 aromatic heterocycles. The van der Waals surface area contributed by atoms with Gasteiger partial charge >= 0.3 is 0 Å². The van der Waals surface area contributed by atoms with E-state index in [9.17, 15) is 20.3 Å². The number of carbonyl (C=O) groups is 1. The van der Waals surface area contributed by atoms with Gasteiger partial charge in [-0.2, -0.15) is 5.26 Å². The average Bonchev–Trinajstić information content (AvgIpc) is 2.57. The van der Waals surface area contributed by atoms with E-state index >= 15 is 0 Å². The molecule has 2 rings (SSSR count). The predicted molar refractivity (Wildman–Crippen MR) is 92.7 cm³/mol. The first-order chi connectivity index (χ1) is 11.4. The van der Waals surface area contributed by atoms with E-state index in [0.29, 0.717) is 15.7 Å². The predicted octanol–water partition coefficient (Wildman–Crippen LogP) is 3.41. The van der Waals surface area contributed by atoms with E-state index in [4.69, 9.17) is 4.74 Å². The molecule has 0 saturated carbocycles. The van der Waals surface area contributed by atoms with Crippen molar-refractivity contribution in [3.8, 4) is 23.3 Å². The summed E-state index contributed by atoms with van der Waals surface area (Å²) < 4.78 is 5.41. The van der Waals surface area contributed by atoms with Crippen LogP contribution in [0.15, 0.2) is 46.4 Å². The van der Waals surface area contributed by atoms with Gasteiger partial charge in [0.25, 0.3) is 5.91 Å². The van der Waals surface area contributed by atoms with E-state index in [1.807, 2.05) is 6.07 Å². The molecule has 0 fully saturated rings. The standard InChI is InChI=1S/C17H13BrN2O4/c1-24-15-8-10(7-14(18)16(15)22)6-11(9-19)17(23)20-12-2-4-13(21)5-3-12/h2-8,21-22H,1H3,(H,20,23)/b11-6+. The van der Waals surface area contributed by atoms with Crippen LogP contribution in [0.4, 0.5) is 5.69 Å². The number of nitrogens with one attached hydrogen (secondary N) is 1. The lowest BCUT2D eigenvalue weighted by Gasteiger charge is -2.07. The van der Waals surface area contributed by atoms with Gasteiger partial charge < -0.3 is 20.3 Å². The molecular formula is C17H13BrN2O4. The molecule has 7 heteroatoms. The molecule has 0 unspecified atom stereocenters. The van der Waals surface area contributed by atoms with E-state index in [1.54, 1.807) is 6.07 Å². The van der Waals surface area contributed by atoms with E-state index in [2.05, 4.69) is 21.2 Å². The zero-order chi connectivity index (χ0) is 17.7. The number of halogens is 1. The Morgan fingerprint density at radius 1 is 1.29 bits per heavy atom. The molecule has 0 spiro atoms. The Morgan fingerprint density at radius 2 is 1.96 bits per heavy atom. The van der Waals surface area contributed by atoms with Gasteiger partial charge in [-0.05, 0) is 64.0 Å². The van der Waals surface area contributed by atoms with E-state index < -0.39 is 5.91 Å². The van der Waals surface area contributed by atoms with Crippen LogP contribution in [-0.4, -0.2) is 23.2 Å². The van der Waals surface area contributed by atoms with Crippen LogP contribution in [0.25, 0.3) is 6.08 Å². The Morgan fingerprint density at radius 3 is 2.54 bits per heavy atom. The zero-order valence-electron chi connectivity index (χ0n) is 12.6. The molecular weight excluding hydrogens is 376 g/mol. The second-order valence-electron chi connectivity index (χ2n) is 4.72. The summed E-state index contributed by atoms with van der Waals surface area (Å²) in [5, 5.41) is 30.8. The molecule has 3 N–H and O–H groups in total. The van der Waals surface area contributed by atoms with Crippen molar-refractivity contribution in [1.82, 2.24) is 0 Å². The van der Waals surface area contributed by atoms with Crippen LogP contribution in [-0.2, 0) is 4.79 Å². The van der Waals surface area contributed by atoms with Gasteiger partial charge in [-0.3, -0.25) is 4.79 Å². The molecule has 122 valence electrons. The molecule has 2 aromatic rings. The number of methoxy groups -OCH3 is 1. The van der Waals surface area contributed by atoms with Crippen molar-refractivity contribution in [2.75, 3.05) is 12.4 Å². The highest BCUT2D eigenvalue weighted by Crippen LogP contribution is 2.35. The van der Waals surface area contributed by atoms with Gasteiger partial charge in [0.1, 0.15) is 17.4 Å². The van der Waals surface area contributed by atoms with Crippen LogP contribution in [0.3, 0.4) is 0 Å². The van der Waals surface area contributed by atoms with Crippen LogP contribution < -0.4 is 10.1 Å². The maximum absolute atomic E-state index is 12.2. The molecule has 0 radical (unpaired) electrons. The maximum Gasteiger partial charge on any atom is 0.266 e. The van der Waals surface area contributed by atoms with E-state index in [1.165, 1.54) is 43.5 Å². The molecule has 24 heavy (non-hydrogen) atoms. The van der Waals surface area contributed by atoms with Crippen LogP contribution in [0, 0.1) is 11.3 Å². The normalized spacial score (nSPS) is 10.8. The number of nitriles is 1. The number of phenolic OH excluding ortho intramolecular Hbond substituents is 2. The molecule has 0 aliphatic rings. The summed E-state index contributed by atoms with van der Waals surface area (Å²) in [6, 6.07) is 10.8. The Kier molecular flexibility index (Phi) is 5.45. The summed E-state index contributed by atoms with van der Waals surface area (Å²) in [4.78, 5) is 12.2. The second kappa shape index (κ2) is 7.53. The molecule has 0 aliphatic heterocycles. The van der Waals surface area contributed by atoms with E-state index in [0.717, 1.165) is 0 Å². The monoisotopic (exact) mass is 388 g/mol. The Bertz CT molecular complexity index is 839. The van der Waals surface area contributed by atoms with Crippen molar-refractivity contribution < 1.29 is 19.7 Å². The molecule has 2 aromatic carbocycles. The number of phenols is 2. The average molecular weight is 389 g/mol. The highest BCUT2D eigenvalue weighted by Gasteiger charge is 2.12. The topological polar surface area (TPSA) is 103 Å². The minimum absolute atomic E-state index is 0.0679.